The highest BCUT2D eigenvalue weighted by Crippen LogP contribution is 2.31. The number of benzene rings is 2. The SMILES string of the molecule is CC1(C)CNCc2cc([N+](=O)[O-])ccc21.c1ccc2c(c1)CCNC2. The summed E-state index contributed by atoms with van der Waals surface area (Å²) in [5.41, 5.74) is 5.47. The van der Waals surface area contributed by atoms with Crippen molar-refractivity contribution in [2.45, 2.75) is 38.8 Å². The van der Waals surface area contributed by atoms with Crippen molar-refractivity contribution in [3.8, 4) is 0 Å². The zero-order valence-corrected chi connectivity index (χ0v) is 14.8. The second-order valence-corrected chi connectivity index (χ2v) is 7.28. The molecule has 5 nitrogen and oxygen atoms in total. The van der Waals surface area contributed by atoms with Crippen LogP contribution >= 0.6 is 0 Å². The number of nitrogens with one attached hydrogen (secondary N) is 2. The Morgan fingerprint density at radius 1 is 1.00 bits per heavy atom. The van der Waals surface area contributed by atoms with Gasteiger partial charge in [-0.15, -0.1) is 0 Å². The average molecular weight is 339 g/mol. The third kappa shape index (κ3) is 4.06. The van der Waals surface area contributed by atoms with Crippen LogP contribution in [0.15, 0.2) is 42.5 Å². The number of rotatable bonds is 1. The Balaban J connectivity index is 0.000000157. The van der Waals surface area contributed by atoms with E-state index >= 15 is 0 Å². The molecule has 2 N–H and O–H groups in total. The van der Waals surface area contributed by atoms with Crippen LogP contribution < -0.4 is 10.6 Å². The van der Waals surface area contributed by atoms with Crippen LogP contribution in [0.2, 0.25) is 0 Å². The molecule has 2 aromatic rings. The summed E-state index contributed by atoms with van der Waals surface area (Å²) >= 11 is 0. The van der Waals surface area contributed by atoms with E-state index in [9.17, 15) is 10.1 Å². The summed E-state index contributed by atoms with van der Waals surface area (Å²) in [6.45, 7) is 8.11. The molecule has 0 aliphatic carbocycles. The number of non-ortho nitro benzene ring substituents is 1. The first-order valence-corrected chi connectivity index (χ1v) is 8.73. The minimum Gasteiger partial charge on any atom is -0.312 e. The Hall–Kier alpha value is -2.24. The molecule has 2 aliphatic heterocycles. The molecule has 5 heteroatoms. The van der Waals surface area contributed by atoms with Crippen molar-refractivity contribution in [2.75, 3.05) is 13.1 Å². The molecule has 0 fully saturated rings. The predicted molar refractivity (Wildman–Crippen MR) is 99.7 cm³/mol. The van der Waals surface area contributed by atoms with Crippen LogP contribution in [0.5, 0.6) is 0 Å². The standard InChI is InChI=1S/C11H14N2O2.C9H11N/c1-11(2)7-12-6-8-5-9(13(14)15)3-4-10(8)11;1-2-4-9-7-10-6-5-8(9)3-1/h3-5,12H,6-7H2,1-2H3;1-4,10H,5-7H2. The molecular formula is C20H25N3O2. The van der Waals surface area contributed by atoms with Gasteiger partial charge in [0.25, 0.3) is 5.69 Å². The number of fused-ring (bicyclic) bond motifs is 2. The largest absolute Gasteiger partial charge is 0.312 e. The molecule has 4 rings (SSSR count). The molecule has 0 saturated heterocycles. The highest BCUT2D eigenvalue weighted by molar-refractivity contribution is 5.44. The van der Waals surface area contributed by atoms with E-state index in [1.54, 1.807) is 12.1 Å². The summed E-state index contributed by atoms with van der Waals surface area (Å²) in [6.07, 6.45) is 1.19. The van der Waals surface area contributed by atoms with Crippen LogP contribution in [0.25, 0.3) is 0 Å². The van der Waals surface area contributed by atoms with Gasteiger partial charge < -0.3 is 10.6 Å². The molecule has 0 saturated carbocycles. The quantitative estimate of drug-likeness (QED) is 0.618. The monoisotopic (exact) mass is 339 g/mol. The summed E-state index contributed by atoms with van der Waals surface area (Å²) in [6, 6.07) is 13.8. The first kappa shape index (κ1) is 17.6. The molecular weight excluding hydrogens is 314 g/mol. The summed E-state index contributed by atoms with van der Waals surface area (Å²) in [4.78, 5) is 10.3. The summed E-state index contributed by atoms with van der Waals surface area (Å²) < 4.78 is 0. The number of nitro groups is 1. The Morgan fingerprint density at radius 2 is 1.72 bits per heavy atom. The van der Waals surface area contributed by atoms with Crippen molar-refractivity contribution in [1.29, 1.82) is 0 Å². The van der Waals surface area contributed by atoms with Gasteiger partial charge in [0.2, 0.25) is 0 Å². The third-order valence-corrected chi connectivity index (χ3v) is 4.92. The summed E-state index contributed by atoms with van der Waals surface area (Å²) in [7, 11) is 0. The Kier molecular flexibility index (Phi) is 5.16. The van der Waals surface area contributed by atoms with Crippen molar-refractivity contribution in [2.24, 2.45) is 0 Å². The smallest absolute Gasteiger partial charge is 0.269 e. The van der Waals surface area contributed by atoms with E-state index in [0.29, 0.717) is 0 Å². The van der Waals surface area contributed by atoms with Crippen LogP contribution in [0.1, 0.15) is 36.1 Å². The van der Waals surface area contributed by atoms with Gasteiger partial charge in [0.15, 0.2) is 0 Å². The van der Waals surface area contributed by atoms with Crippen LogP contribution in [0, 0.1) is 10.1 Å². The highest BCUT2D eigenvalue weighted by Gasteiger charge is 2.28. The van der Waals surface area contributed by atoms with Crippen molar-refractivity contribution >= 4 is 5.69 Å². The molecule has 25 heavy (non-hydrogen) atoms. The van der Waals surface area contributed by atoms with Gasteiger partial charge in [-0.1, -0.05) is 44.2 Å². The lowest BCUT2D eigenvalue weighted by Crippen LogP contribution is -2.38. The normalized spacial score (nSPS) is 17.5. The molecule has 0 bridgehead atoms. The fourth-order valence-electron chi connectivity index (χ4n) is 3.53. The van der Waals surface area contributed by atoms with Crippen molar-refractivity contribution < 1.29 is 4.92 Å². The maximum atomic E-state index is 10.6. The van der Waals surface area contributed by atoms with Crippen LogP contribution in [-0.2, 0) is 24.9 Å². The van der Waals surface area contributed by atoms with E-state index in [-0.39, 0.29) is 16.0 Å². The number of hydrogen-bond donors (Lipinski definition) is 2. The van der Waals surface area contributed by atoms with Crippen molar-refractivity contribution in [3.63, 3.8) is 0 Å². The molecule has 0 radical (unpaired) electrons. The van der Waals surface area contributed by atoms with E-state index in [2.05, 4.69) is 48.7 Å². The number of hydrogen-bond acceptors (Lipinski definition) is 4. The van der Waals surface area contributed by atoms with Gasteiger partial charge in [-0.05, 0) is 35.2 Å². The van der Waals surface area contributed by atoms with Crippen LogP contribution in [0.4, 0.5) is 5.69 Å². The molecule has 0 unspecified atom stereocenters. The van der Waals surface area contributed by atoms with E-state index in [1.165, 1.54) is 23.1 Å². The molecule has 0 atom stereocenters. The molecule has 2 heterocycles. The highest BCUT2D eigenvalue weighted by atomic mass is 16.6. The number of nitro benzene ring substituents is 1. The van der Waals surface area contributed by atoms with Gasteiger partial charge in [0.1, 0.15) is 0 Å². The molecule has 0 spiro atoms. The lowest BCUT2D eigenvalue weighted by atomic mass is 9.79. The summed E-state index contributed by atoms with van der Waals surface area (Å²) in [5, 5.41) is 17.2. The molecule has 132 valence electrons. The Bertz CT molecular complexity index is 746. The van der Waals surface area contributed by atoms with E-state index < -0.39 is 0 Å². The van der Waals surface area contributed by atoms with Crippen molar-refractivity contribution in [1.82, 2.24) is 10.6 Å². The maximum absolute atomic E-state index is 10.6. The molecule has 2 aromatic carbocycles. The van der Waals surface area contributed by atoms with Gasteiger partial charge in [0.05, 0.1) is 4.92 Å². The average Bonchev–Trinajstić information content (AvgIpc) is 2.62. The van der Waals surface area contributed by atoms with Crippen LogP contribution in [-0.4, -0.2) is 18.0 Å². The lowest BCUT2D eigenvalue weighted by Gasteiger charge is -2.32. The third-order valence-electron chi connectivity index (χ3n) is 4.92. The molecule has 2 aliphatic rings. The van der Waals surface area contributed by atoms with Crippen molar-refractivity contribution in [3.05, 3.63) is 74.8 Å². The fraction of sp³-hybridized carbons (Fsp3) is 0.400. The van der Waals surface area contributed by atoms with Crippen LogP contribution in [0.3, 0.4) is 0 Å². The lowest BCUT2D eigenvalue weighted by molar-refractivity contribution is -0.384. The minimum absolute atomic E-state index is 0.0582. The van der Waals surface area contributed by atoms with Gasteiger partial charge in [-0.25, -0.2) is 0 Å². The Labute approximate surface area is 148 Å². The van der Waals surface area contributed by atoms with Gasteiger partial charge in [-0.3, -0.25) is 10.1 Å². The maximum Gasteiger partial charge on any atom is 0.269 e. The fourth-order valence-corrected chi connectivity index (χ4v) is 3.53. The van der Waals surface area contributed by atoms with Gasteiger partial charge in [-0.2, -0.15) is 0 Å². The summed E-state index contributed by atoms with van der Waals surface area (Å²) in [5.74, 6) is 0. The first-order chi connectivity index (χ1) is 12.0. The second kappa shape index (κ2) is 7.33. The Morgan fingerprint density at radius 3 is 2.44 bits per heavy atom. The van der Waals surface area contributed by atoms with E-state index in [4.69, 9.17) is 0 Å². The second-order valence-electron chi connectivity index (χ2n) is 7.28. The topological polar surface area (TPSA) is 67.2 Å². The van der Waals surface area contributed by atoms with Gasteiger partial charge in [0, 0.05) is 37.2 Å². The molecule has 0 amide bonds. The minimum atomic E-state index is -0.345. The zero-order valence-electron chi connectivity index (χ0n) is 14.8. The number of nitrogens with zero attached hydrogens (tertiary/aromatic N) is 1. The molecule has 0 aromatic heterocycles. The van der Waals surface area contributed by atoms with E-state index in [0.717, 1.165) is 31.7 Å². The van der Waals surface area contributed by atoms with Gasteiger partial charge >= 0.3 is 0 Å². The van der Waals surface area contributed by atoms with E-state index in [1.807, 2.05) is 6.07 Å². The zero-order chi connectivity index (χ0) is 17.9. The first-order valence-electron chi connectivity index (χ1n) is 8.73. The predicted octanol–water partition coefficient (Wildman–Crippen LogP) is 3.31.